The van der Waals surface area contributed by atoms with Gasteiger partial charge in [-0.2, -0.15) is 5.10 Å². The molecule has 0 spiro atoms. The predicted octanol–water partition coefficient (Wildman–Crippen LogP) is 3.13. The Hall–Kier alpha value is -4.14. The average Bonchev–Trinajstić information content (AvgIpc) is 2.88. The minimum atomic E-state index is -0.563. The number of aromatic nitrogens is 4. The molecule has 1 saturated heterocycles. The van der Waals surface area contributed by atoms with Gasteiger partial charge in [-0.1, -0.05) is 24.3 Å². The topological polar surface area (TPSA) is 101 Å². The predicted molar refractivity (Wildman–Crippen MR) is 123 cm³/mol. The van der Waals surface area contributed by atoms with Crippen molar-refractivity contribution in [1.29, 1.82) is 0 Å². The Morgan fingerprint density at radius 3 is 2.68 bits per heavy atom. The van der Waals surface area contributed by atoms with Crippen molar-refractivity contribution in [2.45, 2.75) is 25.4 Å². The van der Waals surface area contributed by atoms with Gasteiger partial charge in [-0.25, -0.2) is 19.5 Å². The summed E-state index contributed by atoms with van der Waals surface area (Å²) < 4.78 is 20.5. The molecule has 1 aliphatic rings. The van der Waals surface area contributed by atoms with E-state index in [4.69, 9.17) is 4.74 Å². The lowest BCUT2D eigenvalue weighted by molar-refractivity contribution is 0.0583. The molecule has 9 heteroatoms. The van der Waals surface area contributed by atoms with Crippen molar-refractivity contribution in [3.05, 3.63) is 94.0 Å². The van der Waals surface area contributed by atoms with Gasteiger partial charge in [-0.05, 0) is 23.8 Å². The summed E-state index contributed by atoms with van der Waals surface area (Å²) in [6.07, 6.45) is 4.59. The zero-order valence-corrected chi connectivity index (χ0v) is 18.3. The smallest absolute Gasteiger partial charge is 0.272 e. The number of halogens is 1. The molecule has 172 valence electrons. The third-order valence-corrected chi connectivity index (χ3v) is 5.98. The summed E-state index contributed by atoms with van der Waals surface area (Å²) >= 11 is 0. The SMILES string of the molecule is O=C(c1cc(Cc2n[nH]c(=O)c3ccccc23)ccc1F)N1CCC(Oc2ccncn2)CC1. The number of carbonyl (C=O) groups excluding carboxylic acids is 1. The van der Waals surface area contributed by atoms with Crippen LogP contribution in [-0.2, 0) is 6.42 Å². The van der Waals surface area contributed by atoms with Crippen LogP contribution in [-0.4, -0.2) is 50.2 Å². The Balaban J connectivity index is 1.30. The molecule has 1 amide bonds. The van der Waals surface area contributed by atoms with Crippen LogP contribution in [0.25, 0.3) is 10.8 Å². The Morgan fingerprint density at radius 2 is 1.91 bits per heavy atom. The molecule has 0 radical (unpaired) electrons. The van der Waals surface area contributed by atoms with Crippen LogP contribution < -0.4 is 10.3 Å². The highest BCUT2D eigenvalue weighted by Crippen LogP contribution is 2.22. The number of benzene rings is 2. The highest BCUT2D eigenvalue weighted by atomic mass is 19.1. The molecule has 0 atom stereocenters. The summed E-state index contributed by atoms with van der Waals surface area (Å²) in [5.41, 5.74) is 1.15. The first kappa shape index (κ1) is 21.7. The number of fused-ring (bicyclic) bond motifs is 1. The van der Waals surface area contributed by atoms with E-state index in [9.17, 15) is 14.0 Å². The van der Waals surface area contributed by atoms with E-state index < -0.39 is 5.82 Å². The number of hydrogen-bond acceptors (Lipinski definition) is 6. The zero-order valence-electron chi connectivity index (χ0n) is 18.3. The second-order valence-corrected chi connectivity index (χ2v) is 8.19. The lowest BCUT2D eigenvalue weighted by Crippen LogP contribution is -2.42. The lowest BCUT2D eigenvalue weighted by Gasteiger charge is -2.32. The molecule has 34 heavy (non-hydrogen) atoms. The fraction of sp³-hybridized carbons (Fsp3) is 0.240. The molecule has 0 aliphatic carbocycles. The van der Waals surface area contributed by atoms with Gasteiger partial charge < -0.3 is 9.64 Å². The first-order valence-electron chi connectivity index (χ1n) is 11.0. The van der Waals surface area contributed by atoms with Crippen molar-refractivity contribution in [2.75, 3.05) is 13.1 Å². The third kappa shape index (κ3) is 4.50. The number of nitrogens with one attached hydrogen (secondary N) is 1. The molecule has 0 bridgehead atoms. The standard InChI is InChI=1S/C25H22FN5O3/c26-21-6-5-16(14-22-18-3-1-2-4-19(18)24(32)30-29-22)13-20(21)25(33)31-11-8-17(9-12-31)34-23-7-10-27-15-28-23/h1-7,10,13,15,17H,8-9,11-12,14H2,(H,30,32). The van der Waals surface area contributed by atoms with Gasteiger partial charge in [0.1, 0.15) is 18.2 Å². The number of likely N-dealkylation sites (tertiary alicyclic amines) is 1. The van der Waals surface area contributed by atoms with E-state index in [1.54, 1.807) is 41.4 Å². The van der Waals surface area contributed by atoms with Crippen LogP contribution in [0.5, 0.6) is 5.88 Å². The summed E-state index contributed by atoms with van der Waals surface area (Å²) in [6.45, 7) is 0.925. The number of H-pyrrole nitrogens is 1. The van der Waals surface area contributed by atoms with Crippen LogP contribution in [0, 0.1) is 5.82 Å². The quantitative estimate of drug-likeness (QED) is 0.492. The van der Waals surface area contributed by atoms with Crippen LogP contribution in [0.15, 0.2) is 65.8 Å². The molecule has 2 aromatic heterocycles. The first-order chi connectivity index (χ1) is 16.6. The van der Waals surface area contributed by atoms with E-state index >= 15 is 0 Å². The van der Waals surface area contributed by atoms with Crippen molar-refractivity contribution in [2.24, 2.45) is 0 Å². The van der Waals surface area contributed by atoms with E-state index in [2.05, 4.69) is 20.2 Å². The highest BCUT2D eigenvalue weighted by molar-refractivity contribution is 5.95. The zero-order chi connectivity index (χ0) is 23.5. The number of ether oxygens (including phenoxy) is 1. The monoisotopic (exact) mass is 459 g/mol. The molecular weight excluding hydrogens is 437 g/mol. The van der Waals surface area contributed by atoms with Gasteiger partial charge in [0.15, 0.2) is 0 Å². The largest absolute Gasteiger partial charge is 0.474 e. The summed E-state index contributed by atoms with van der Waals surface area (Å²) in [4.78, 5) is 34.7. The molecule has 3 heterocycles. The number of rotatable bonds is 5. The van der Waals surface area contributed by atoms with Gasteiger partial charge >= 0.3 is 0 Å². The molecule has 1 N–H and O–H groups in total. The number of piperidine rings is 1. The maximum Gasteiger partial charge on any atom is 0.272 e. The van der Waals surface area contributed by atoms with E-state index in [1.807, 2.05) is 12.1 Å². The van der Waals surface area contributed by atoms with Crippen LogP contribution >= 0.6 is 0 Å². The summed E-state index contributed by atoms with van der Waals surface area (Å²) in [5, 5.41) is 7.96. The number of carbonyl (C=O) groups is 1. The van der Waals surface area contributed by atoms with E-state index in [0.717, 1.165) is 10.9 Å². The van der Waals surface area contributed by atoms with Crippen molar-refractivity contribution in [1.82, 2.24) is 25.1 Å². The maximum atomic E-state index is 14.6. The van der Waals surface area contributed by atoms with E-state index in [-0.39, 0.29) is 23.1 Å². The summed E-state index contributed by atoms with van der Waals surface area (Å²) in [6, 6.07) is 13.4. The number of nitrogens with zero attached hydrogens (tertiary/aromatic N) is 4. The Bertz CT molecular complexity index is 1380. The Morgan fingerprint density at radius 1 is 1.12 bits per heavy atom. The first-order valence-corrected chi connectivity index (χ1v) is 11.0. The molecule has 0 saturated carbocycles. The molecule has 0 unspecified atom stereocenters. The maximum absolute atomic E-state index is 14.6. The number of amides is 1. The van der Waals surface area contributed by atoms with Crippen LogP contribution in [0.2, 0.25) is 0 Å². The van der Waals surface area contributed by atoms with Gasteiger partial charge in [-0.3, -0.25) is 9.59 Å². The Kier molecular flexibility index (Phi) is 5.99. The molecule has 8 nitrogen and oxygen atoms in total. The van der Waals surface area contributed by atoms with Gasteiger partial charge in [0.25, 0.3) is 11.5 Å². The molecule has 4 aromatic rings. The van der Waals surface area contributed by atoms with Crippen LogP contribution in [0.3, 0.4) is 0 Å². The van der Waals surface area contributed by atoms with Crippen LogP contribution in [0.1, 0.15) is 34.5 Å². The van der Waals surface area contributed by atoms with Gasteiger partial charge in [-0.15, -0.1) is 0 Å². The molecule has 5 rings (SSSR count). The minimum Gasteiger partial charge on any atom is -0.474 e. The van der Waals surface area contributed by atoms with Crippen molar-refractivity contribution < 1.29 is 13.9 Å². The normalized spacial score (nSPS) is 14.3. The summed E-state index contributed by atoms with van der Waals surface area (Å²) in [5.74, 6) is -0.409. The number of hydrogen-bond donors (Lipinski definition) is 1. The minimum absolute atomic E-state index is 0.0291. The fourth-order valence-electron chi connectivity index (χ4n) is 4.21. The van der Waals surface area contributed by atoms with Crippen molar-refractivity contribution in [3.8, 4) is 5.88 Å². The number of aromatic amines is 1. The average molecular weight is 459 g/mol. The fourth-order valence-corrected chi connectivity index (χ4v) is 4.21. The van der Waals surface area contributed by atoms with E-state index in [1.165, 1.54) is 12.4 Å². The second kappa shape index (κ2) is 9.38. The van der Waals surface area contributed by atoms with Crippen LogP contribution in [0.4, 0.5) is 4.39 Å². The molecular formula is C25H22FN5O3. The highest BCUT2D eigenvalue weighted by Gasteiger charge is 2.26. The van der Waals surface area contributed by atoms with Crippen molar-refractivity contribution in [3.63, 3.8) is 0 Å². The third-order valence-electron chi connectivity index (χ3n) is 5.98. The Labute approximate surface area is 194 Å². The van der Waals surface area contributed by atoms with E-state index in [0.29, 0.717) is 49.3 Å². The molecule has 1 aliphatic heterocycles. The lowest BCUT2D eigenvalue weighted by atomic mass is 10.0. The van der Waals surface area contributed by atoms with Gasteiger partial charge in [0.05, 0.1) is 16.6 Å². The second-order valence-electron chi connectivity index (χ2n) is 8.19. The summed E-state index contributed by atoms with van der Waals surface area (Å²) in [7, 11) is 0. The van der Waals surface area contributed by atoms with Gasteiger partial charge in [0, 0.05) is 50.0 Å². The van der Waals surface area contributed by atoms with Gasteiger partial charge in [0.2, 0.25) is 5.88 Å². The van der Waals surface area contributed by atoms with Crippen molar-refractivity contribution >= 4 is 16.7 Å². The molecule has 1 fully saturated rings. The molecule has 2 aromatic carbocycles.